The lowest BCUT2D eigenvalue weighted by Gasteiger charge is -2.14. The van der Waals surface area contributed by atoms with Crippen LogP contribution in [-0.2, 0) is 6.42 Å². The summed E-state index contributed by atoms with van der Waals surface area (Å²) in [5.41, 5.74) is -0.283. The Morgan fingerprint density at radius 2 is 2.21 bits per heavy atom. The number of para-hydroxylation sites is 1. The minimum absolute atomic E-state index is 0.0147. The second kappa shape index (κ2) is 5.79. The second-order valence-electron chi connectivity index (χ2n) is 4.22. The molecule has 0 aliphatic rings. The number of benzene rings is 1. The SMILES string of the molecule is CC(Cc1cccs1)Nc1cccc(F)c1[N+](=O)[O-]. The van der Waals surface area contributed by atoms with Crippen molar-refractivity contribution in [2.24, 2.45) is 0 Å². The minimum Gasteiger partial charge on any atom is -0.377 e. The number of rotatable bonds is 5. The second-order valence-corrected chi connectivity index (χ2v) is 5.25. The van der Waals surface area contributed by atoms with Crippen LogP contribution in [0.1, 0.15) is 11.8 Å². The fraction of sp³-hybridized carbons (Fsp3) is 0.231. The van der Waals surface area contributed by atoms with Crippen LogP contribution in [0.4, 0.5) is 15.8 Å². The maximum Gasteiger partial charge on any atom is 0.327 e. The van der Waals surface area contributed by atoms with E-state index in [2.05, 4.69) is 5.32 Å². The molecule has 1 atom stereocenters. The van der Waals surface area contributed by atoms with Gasteiger partial charge in [-0.2, -0.15) is 4.39 Å². The van der Waals surface area contributed by atoms with E-state index in [0.29, 0.717) is 0 Å². The summed E-state index contributed by atoms with van der Waals surface area (Å²) in [7, 11) is 0. The molecule has 0 fully saturated rings. The summed E-state index contributed by atoms with van der Waals surface area (Å²) in [5.74, 6) is -0.821. The smallest absolute Gasteiger partial charge is 0.327 e. The zero-order chi connectivity index (χ0) is 13.8. The number of hydrogen-bond donors (Lipinski definition) is 1. The van der Waals surface area contributed by atoms with Gasteiger partial charge in [-0.05, 0) is 30.5 Å². The molecule has 0 saturated heterocycles. The predicted molar refractivity (Wildman–Crippen MR) is 74.2 cm³/mol. The molecule has 1 aromatic carbocycles. The first-order valence-corrected chi connectivity index (χ1v) is 6.67. The maximum atomic E-state index is 13.4. The van der Waals surface area contributed by atoms with Crippen molar-refractivity contribution in [2.45, 2.75) is 19.4 Å². The monoisotopic (exact) mass is 280 g/mol. The molecule has 0 radical (unpaired) electrons. The van der Waals surface area contributed by atoms with Crippen LogP contribution in [-0.4, -0.2) is 11.0 Å². The van der Waals surface area contributed by atoms with E-state index in [4.69, 9.17) is 0 Å². The minimum atomic E-state index is -0.821. The van der Waals surface area contributed by atoms with Crippen molar-refractivity contribution >= 4 is 22.7 Å². The third kappa shape index (κ3) is 3.29. The molecule has 0 aliphatic carbocycles. The van der Waals surface area contributed by atoms with Crippen LogP contribution in [0, 0.1) is 15.9 Å². The number of nitrogens with one attached hydrogen (secondary N) is 1. The zero-order valence-corrected chi connectivity index (χ0v) is 11.1. The number of nitrogens with zero attached hydrogens (tertiary/aromatic N) is 1. The Morgan fingerprint density at radius 3 is 2.84 bits per heavy atom. The molecule has 0 amide bonds. The van der Waals surface area contributed by atoms with Crippen LogP contribution in [0.5, 0.6) is 0 Å². The Hall–Kier alpha value is -1.95. The van der Waals surface area contributed by atoms with E-state index in [0.717, 1.165) is 12.5 Å². The van der Waals surface area contributed by atoms with Crippen molar-refractivity contribution < 1.29 is 9.31 Å². The van der Waals surface area contributed by atoms with Crippen LogP contribution in [0.25, 0.3) is 0 Å². The van der Waals surface area contributed by atoms with E-state index in [1.807, 2.05) is 24.4 Å². The van der Waals surface area contributed by atoms with Crippen molar-refractivity contribution in [1.29, 1.82) is 0 Å². The van der Waals surface area contributed by atoms with E-state index >= 15 is 0 Å². The molecule has 1 heterocycles. The fourth-order valence-corrected chi connectivity index (χ4v) is 2.70. The third-order valence-electron chi connectivity index (χ3n) is 2.66. The van der Waals surface area contributed by atoms with Gasteiger partial charge in [0.2, 0.25) is 5.82 Å². The highest BCUT2D eigenvalue weighted by Gasteiger charge is 2.20. The summed E-state index contributed by atoms with van der Waals surface area (Å²) in [6, 6.07) is 8.02. The number of nitro benzene ring substituents is 1. The van der Waals surface area contributed by atoms with Gasteiger partial charge in [-0.25, -0.2) is 0 Å². The number of hydrogen-bond acceptors (Lipinski definition) is 4. The first kappa shape index (κ1) is 13.5. The van der Waals surface area contributed by atoms with Gasteiger partial charge in [0, 0.05) is 17.3 Å². The normalized spacial score (nSPS) is 12.1. The lowest BCUT2D eigenvalue weighted by Crippen LogP contribution is -2.18. The number of halogens is 1. The lowest BCUT2D eigenvalue weighted by molar-refractivity contribution is -0.386. The standard InChI is InChI=1S/C13H13FN2O2S/c1-9(8-10-4-3-7-19-10)15-12-6-2-5-11(14)13(12)16(17)18/h2-7,9,15H,8H2,1H3. The molecule has 2 aromatic rings. The van der Waals surface area contributed by atoms with Crippen molar-refractivity contribution in [1.82, 2.24) is 0 Å². The Balaban J connectivity index is 2.14. The molecule has 0 saturated carbocycles. The van der Waals surface area contributed by atoms with Gasteiger partial charge in [-0.3, -0.25) is 10.1 Å². The number of nitro groups is 1. The summed E-state index contributed by atoms with van der Waals surface area (Å²) in [4.78, 5) is 11.3. The summed E-state index contributed by atoms with van der Waals surface area (Å²) in [6.45, 7) is 1.91. The zero-order valence-electron chi connectivity index (χ0n) is 10.3. The van der Waals surface area contributed by atoms with Crippen molar-refractivity contribution in [3.05, 3.63) is 56.5 Å². The van der Waals surface area contributed by atoms with Crippen LogP contribution in [0.15, 0.2) is 35.7 Å². The van der Waals surface area contributed by atoms with Gasteiger partial charge in [0.1, 0.15) is 5.69 Å². The van der Waals surface area contributed by atoms with E-state index < -0.39 is 16.4 Å². The number of anilines is 1. The Bertz CT molecular complexity index is 572. The highest BCUT2D eigenvalue weighted by molar-refractivity contribution is 7.09. The molecular weight excluding hydrogens is 267 g/mol. The van der Waals surface area contributed by atoms with E-state index in [1.165, 1.54) is 17.0 Å². The lowest BCUT2D eigenvalue weighted by atomic mass is 10.2. The first-order chi connectivity index (χ1) is 9.08. The molecule has 0 bridgehead atoms. The maximum absolute atomic E-state index is 13.4. The number of thiophene rings is 1. The topological polar surface area (TPSA) is 55.2 Å². The van der Waals surface area contributed by atoms with E-state index in [1.54, 1.807) is 11.3 Å². The molecule has 1 unspecified atom stereocenters. The summed E-state index contributed by atoms with van der Waals surface area (Å²) in [5, 5.41) is 15.8. The van der Waals surface area contributed by atoms with Crippen molar-refractivity contribution in [3.63, 3.8) is 0 Å². The van der Waals surface area contributed by atoms with Gasteiger partial charge in [0.25, 0.3) is 0 Å². The van der Waals surface area contributed by atoms with Gasteiger partial charge < -0.3 is 5.32 Å². The van der Waals surface area contributed by atoms with Crippen LogP contribution >= 0.6 is 11.3 Å². The molecule has 2 rings (SSSR count). The quantitative estimate of drug-likeness (QED) is 0.668. The average molecular weight is 280 g/mol. The van der Waals surface area contributed by atoms with Gasteiger partial charge >= 0.3 is 5.69 Å². The van der Waals surface area contributed by atoms with E-state index in [-0.39, 0.29) is 11.7 Å². The largest absolute Gasteiger partial charge is 0.377 e. The summed E-state index contributed by atoms with van der Waals surface area (Å²) >= 11 is 1.63. The van der Waals surface area contributed by atoms with Crippen molar-refractivity contribution in [2.75, 3.05) is 5.32 Å². The Morgan fingerprint density at radius 1 is 1.42 bits per heavy atom. The Labute approximate surface area is 114 Å². The highest BCUT2D eigenvalue weighted by atomic mass is 32.1. The first-order valence-electron chi connectivity index (χ1n) is 5.79. The third-order valence-corrected chi connectivity index (χ3v) is 3.56. The van der Waals surface area contributed by atoms with Gasteiger partial charge in [0.05, 0.1) is 4.92 Å². The van der Waals surface area contributed by atoms with Crippen molar-refractivity contribution in [3.8, 4) is 0 Å². The molecule has 1 N–H and O–H groups in total. The van der Waals surface area contributed by atoms with Crippen LogP contribution < -0.4 is 5.32 Å². The Kier molecular flexibility index (Phi) is 4.11. The van der Waals surface area contributed by atoms with Gasteiger partial charge in [-0.15, -0.1) is 11.3 Å². The highest BCUT2D eigenvalue weighted by Crippen LogP contribution is 2.28. The van der Waals surface area contributed by atoms with Crippen LogP contribution in [0.2, 0.25) is 0 Å². The molecule has 1 aromatic heterocycles. The van der Waals surface area contributed by atoms with E-state index in [9.17, 15) is 14.5 Å². The summed E-state index contributed by atoms with van der Waals surface area (Å²) < 4.78 is 13.4. The van der Waals surface area contributed by atoms with Gasteiger partial charge in [-0.1, -0.05) is 12.1 Å². The van der Waals surface area contributed by atoms with Gasteiger partial charge in [0.15, 0.2) is 0 Å². The van der Waals surface area contributed by atoms with Crippen LogP contribution in [0.3, 0.4) is 0 Å². The molecule has 4 nitrogen and oxygen atoms in total. The predicted octanol–water partition coefficient (Wildman–Crippen LogP) is 3.84. The molecule has 19 heavy (non-hydrogen) atoms. The molecule has 0 aliphatic heterocycles. The molecule has 0 spiro atoms. The molecule has 100 valence electrons. The fourth-order valence-electron chi connectivity index (χ4n) is 1.86. The average Bonchev–Trinajstić information content (AvgIpc) is 2.81. The molecule has 6 heteroatoms. The summed E-state index contributed by atoms with van der Waals surface area (Å²) in [6.07, 6.45) is 0.741. The molecular formula is C13H13FN2O2S.